The van der Waals surface area contributed by atoms with E-state index in [0.29, 0.717) is 42.0 Å². The van der Waals surface area contributed by atoms with E-state index in [9.17, 15) is 9.59 Å². The number of hydrogen-bond acceptors (Lipinski definition) is 6. The maximum atomic E-state index is 15.8. The van der Waals surface area contributed by atoms with Gasteiger partial charge in [-0.2, -0.15) is 0 Å². The van der Waals surface area contributed by atoms with Crippen molar-refractivity contribution >= 4 is 33.3 Å². The molecule has 0 spiro atoms. The van der Waals surface area contributed by atoms with E-state index in [4.69, 9.17) is 4.74 Å². The normalized spacial score (nSPS) is 20.0. The van der Waals surface area contributed by atoms with E-state index in [2.05, 4.69) is 27.9 Å². The van der Waals surface area contributed by atoms with Crippen LogP contribution in [0.3, 0.4) is 0 Å². The number of nitrogens with one attached hydrogen (secondary N) is 3. The Morgan fingerprint density at radius 1 is 1.14 bits per heavy atom. The number of fused-ring (bicyclic) bond motifs is 3. The lowest BCUT2D eigenvalue weighted by atomic mass is 9.99. The number of nitrogens with zero attached hydrogens (tertiary/aromatic N) is 2. The second-order valence-electron chi connectivity index (χ2n) is 11.9. The number of piperidine rings is 1. The second-order valence-corrected chi connectivity index (χ2v) is 11.9. The molecule has 2 fully saturated rings. The van der Waals surface area contributed by atoms with Crippen LogP contribution < -0.4 is 26.1 Å². The summed E-state index contributed by atoms with van der Waals surface area (Å²) in [5, 5.41) is 11.7. The van der Waals surface area contributed by atoms with Gasteiger partial charge in [0.05, 0.1) is 11.1 Å². The molecule has 0 bridgehead atoms. The monoisotopic (exact) mass is 569 g/mol. The summed E-state index contributed by atoms with van der Waals surface area (Å²) < 4.78 is 24.1. The van der Waals surface area contributed by atoms with Crippen LogP contribution >= 0.6 is 0 Å². The average molecular weight is 570 g/mol. The molecular formula is C33H36FN5O3. The molecule has 2 atom stereocenters. The van der Waals surface area contributed by atoms with Gasteiger partial charge in [0.1, 0.15) is 16.8 Å². The van der Waals surface area contributed by atoms with Gasteiger partial charge >= 0.3 is 0 Å². The summed E-state index contributed by atoms with van der Waals surface area (Å²) in [6.07, 6.45) is 6.81. The molecule has 0 radical (unpaired) electrons. The Balaban J connectivity index is 1.31. The highest BCUT2D eigenvalue weighted by molar-refractivity contribution is 6.02. The number of hydrogen-bond donors (Lipinski definition) is 3. The molecule has 3 aliphatic heterocycles. The summed E-state index contributed by atoms with van der Waals surface area (Å²) in [5.74, 6) is 0.142. The van der Waals surface area contributed by atoms with Crippen molar-refractivity contribution in [2.45, 2.75) is 38.1 Å². The zero-order chi connectivity index (χ0) is 28.8. The third-order valence-electron chi connectivity index (χ3n) is 9.14. The van der Waals surface area contributed by atoms with E-state index in [1.165, 1.54) is 6.07 Å². The first-order chi connectivity index (χ1) is 20.5. The SMILES string of the molecule is CN1CCCC1CCNC(=O)c1cn2c3c(c(NCC4CCCNC4)c(F)cc3c1=O)Oc1cc3ccccc3cc1-2. The summed E-state index contributed by atoms with van der Waals surface area (Å²) in [5.41, 5.74) is 0.868. The molecule has 0 aliphatic carbocycles. The highest BCUT2D eigenvalue weighted by Crippen LogP contribution is 2.46. The van der Waals surface area contributed by atoms with Crippen LogP contribution in [0.4, 0.5) is 10.1 Å². The molecule has 9 heteroatoms. The van der Waals surface area contributed by atoms with Gasteiger partial charge in [-0.3, -0.25) is 9.59 Å². The largest absolute Gasteiger partial charge is 0.451 e. The van der Waals surface area contributed by atoms with Crippen LogP contribution in [0, 0.1) is 11.7 Å². The standard InChI is InChI=1S/C33H36FN5O3/c1-38-13-5-9-23(38)10-12-36-33(41)25-19-39-27-14-21-7-2-3-8-22(21)15-28(27)42-32-29(37-18-20-6-4-11-35-17-20)26(34)16-24(30(32)39)31(25)40/h2-3,7-8,14-16,19-20,23,35,37H,4-6,9-13,17-18H2,1H3,(H,36,41). The van der Waals surface area contributed by atoms with E-state index in [0.717, 1.165) is 62.5 Å². The first kappa shape index (κ1) is 26.9. The maximum absolute atomic E-state index is 15.8. The third kappa shape index (κ3) is 4.80. The van der Waals surface area contributed by atoms with E-state index in [-0.39, 0.29) is 22.4 Å². The minimum atomic E-state index is -0.573. The number of carbonyl (C=O) groups excluding carboxylic acids is 1. The molecule has 0 saturated carbocycles. The molecule has 7 rings (SSSR count). The van der Waals surface area contributed by atoms with Crippen molar-refractivity contribution in [3.05, 3.63) is 70.3 Å². The van der Waals surface area contributed by atoms with Crippen molar-refractivity contribution in [1.82, 2.24) is 20.1 Å². The van der Waals surface area contributed by atoms with Crippen LogP contribution in [0.15, 0.2) is 53.5 Å². The molecule has 4 heterocycles. The van der Waals surface area contributed by atoms with Gasteiger partial charge in [-0.1, -0.05) is 24.3 Å². The van der Waals surface area contributed by atoms with Crippen molar-refractivity contribution in [2.75, 3.05) is 45.1 Å². The Labute approximate surface area is 243 Å². The number of pyridine rings is 1. The lowest BCUT2D eigenvalue weighted by molar-refractivity contribution is 0.0949. The van der Waals surface area contributed by atoms with Crippen molar-refractivity contribution in [2.24, 2.45) is 5.92 Å². The molecular weight excluding hydrogens is 533 g/mol. The smallest absolute Gasteiger partial charge is 0.256 e. The molecule has 4 aromatic rings. The van der Waals surface area contributed by atoms with Crippen LogP contribution in [-0.2, 0) is 0 Å². The van der Waals surface area contributed by atoms with E-state index in [1.807, 2.05) is 41.0 Å². The number of likely N-dealkylation sites (tertiary alicyclic amines) is 1. The van der Waals surface area contributed by atoms with Crippen LogP contribution in [0.25, 0.3) is 27.4 Å². The van der Waals surface area contributed by atoms with Crippen molar-refractivity contribution in [1.29, 1.82) is 0 Å². The Kier molecular flexibility index (Phi) is 7.07. The fraction of sp³-hybridized carbons (Fsp3) is 0.394. The molecule has 1 amide bonds. The van der Waals surface area contributed by atoms with Crippen LogP contribution in [0.1, 0.15) is 42.5 Å². The minimum absolute atomic E-state index is 0.0115. The Morgan fingerprint density at radius 3 is 2.74 bits per heavy atom. The molecule has 8 nitrogen and oxygen atoms in total. The quantitative estimate of drug-likeness (QED) is 0.255. The summed E-state index contributed by atoms with van der Waals surface area (Å²) in [6.45, 7) is 3.98. The molecule has 1 aromatic heterocycles. The highest BCUT2D eigenvalue weighted by atomic mass is 19.1. The third-order valence-corrected chi connectivity index (χ3v) is 9.14. The first-order valence-electron chi connectivity index (χ1n) is 15.0. The van der Waals surface area contributed by atoms with Gasteiger partial charge in [-0.05, 0) is 93.7 Å². The van der Waals surface area contributed by atoms with Gasteiger partial charge in [0, 0.05) is 25.3 Å². The van der Waals surface area contributed by atoms with Gasteiger partial charge in [0.2, 0.25) is 5.43 Å². The van der Waals surface area contributed by atoms with E-state index in [1.54, 1.807) is 6.20 Å². The lowest BCUT2D eigenvalue weighted by Crippen LogP contribution is -2.34. The van der Waals surface area contributed by atoms with Gasteiger partial charge in [-0.15, -0.1) is 0 Å². The number of ether oxygens (including phenoxy) is 1. The topological polar surface area (TPSA) is 87.6 Å². The molecule has 2 saturated heterocycles. The Hall–Kier alpha value is -3.95. The molecule has 3 aliphatic rings. The number of benzene rings is 3. The fourth-order valence-corrected chi connectivity index (χ4v) is 6.77. The van der Waals surface area contributed by atoms with Gasteiger partial charge in [0.15, 0.2) is 17.3 Å². The number of rotatable bonds is 7. The molecule has 2 unspecified atom stereocenters. The molecule has 42 heavy (non-hydrogen) atoms. The number of aromatic nitrogens is 1. The van der Waals surface area contributed by atoms with Crippen LogP contribution in [0.2, 0.25) is 0 Å². The van der Waals surface area contributed by atoms with Crippen molar-refractivity contribution in [3.8, 4) is 17.2 Å². The number of halogens is 1. The summed E-state index contributed by atoms with van der Waals surface area (Å²) in [7, 11) is 2.10. The van der Waals surface area contributed by atoms with Gasteiger partial charge in [0.25, 0.3) is 5.91 Å². The fourth-order valence-electron chi connectivity index (χ4n) is 6.77. The summed E-state index contributed by atoms with van der Waals surface area (Å²) in [6, 6.07) is 13.5. The predicted molar refractivity (Wildman–Crippen MR) is 164 cm³/mol. The second kappa shape index (κ2) is 11.0. The molecule has 3 aromatic carbocycles. The Bertz CT molecular complexity index is 1750. The predicted octanol–water partition coefficient (Wildman–Crippen LogP) is 5.01. The minimum Gasteiger partial charge on any atom is -0.451 e. The van der Waals surface area contributed by atoms with Gasteiger partial charge < -0.3 is 30.2 Å². The molecule has 218 valence electrons. The number of carbonyl (C=O) groups is 1. The van der Waals surface area contributed by atoms with Crippen LogP contribution in [-0.4, -0.2) is 61.2 Å². The summed E-state index contributed by atoms with van der Waals surface area (Å²) in [4.78, 5) is 29.5. The highest BCUT2D eigenvalue weighted by Gasteiger charge is 2.29. The van der Waals surface area contributed by atoms with E-state index >= 15 is 4.39 Å². The number of anilines is 1. The first-order valence-corrected chi connectivity index (χ1v) is 15.0. The number of amides is 1. The lowest BCUT2D eigenvalue weighted by Gasteiger charge is -2.28. The molecule has 3 N–H and O–H groups in total. The van der Waals surface area contributed by atoms with Crippen LogP contribution in [0.5, 0.6) is 11.5 Å². The van der Waals surface area contributed by atoms with Crippen molar-refractivity contribution in [3.63, 3.8) is 0 Å². The zero-order valence-electron chi connectivity index (χ0n) is 23.8. The van der Waals surface area contributed by atoms with Gasteiger partial charge in [-0.25, -0.2) is 4.39 Å². The summed E-state index contributed by atoms with van der Waals surface area (Å²) >= 11 is 0. The van der Waals surface area contributed by atoms with E-state index < -0.39 is 17.2 Å². The maximum Gasteiger partial charge on any atom is 0.256 e. The average Bonchev–Trinajstić information content (AvgIpc) is 3.41. The van der Waals surface area contributed by atoms with Crippen molar-refractivity contribution < 1.29 is 13.9 Å². The Morgan fingerprint density at radius 2 is 1.98 bits per heavy atom. The zero-order valence-corrected chi connectivity index (χ0v) is 23.8.